The molecule has 1 aromatic carbocycles. The number of nitrogens with one attached hydrogen (secondary N) is 2. The Morgan fingerprint density at radius 2 is 2.00 bits per heavy atom. The molecule has 0 fully saturated rings. The number of aliphatic carboxylic acids is 1. The van der Waals surface area contributed by atoms with Crippen LogP contribution in [0.5, 0.6) is 0 Å². The van der Waals surface area contributed by atoms with Crippen LogP contribution in [0.3, 0.4) is 0 Å². The molecule has 0 bridgehead atoms. The van der Waals surface area contributed by atoms with Crippen molar-refractivity contribution < 1.29 is 19.4 Å². The van der Waals surface area contributed by atoms with Gasteiger partial charge in [0.05, 0.1) is 18.6 Å². The molecule has 0 heterocycles. The second-order valence-electron chi connectivity index (χ2n) is 3.95. The molecule has 2 N–H and O–H groups in total. The van der Waals surface area contributed by atoms with Gasteiger partial charge in [-0.25, -0.2) is 4.79 Å². The molecule has 0 unspecified atom stereocenters. The zero-order valence-corrected chi connectivity index (χ0v) is 10.7. The Labute approximate surface area is 111 Å². The van der Waals surface area contributed by atoms with E-state index in [1.54, 1.807) is 24.3 Å². The largest absolute Gasteiger partial charge is 0.548 e. The van der Waals surface area contributed by atoms with Crippen LogP contribution in [-0.2, 0) is 16.0 Å². The molecule has 104 valence electrons. The van der Waals surface area contributed by atoms with Crippen LogP contribution in [0.2, 0.25) is 0 Å². The van der Waals surface area contributed by atoms with Gasteiger partial charge in [0.25, 0.3) is 0 Å². The zero-order chi connectivity index (χ0) is 14.1. The van der Waals surface area contributed by atoms with Gasteiger partial charge < -0.3 is 25.3 Å². The number of rotatable bonds is 7. The Hall–Kier alpha value is -2.08. The van der Waals surface area contributed by atoms with E-state index in [2.05, 4.69) is 10.6 Å². The molecular formula is C13H17N2O4-. The smallest absolute Gasteiger partial charge is 0.315 e. The molecule has 0 aliphatic carbocycles. The van der Waals surface area contributed by atoms with Crippen molar-refractivity contribution in [2.45, 2.75) is 12.5 Å². The zero-order valence-electron chi connectivity index (χ0n) is 10.7. The highest BCUT2D eigenvalue weighted by molar-refractivity contribution is 5.81. The van der Waals surface area contributed by atoms with Crippen LogP contribution in [0, 0.1) is 0 Å². The summed E-state index contributed by atoms with van der Waals surface area (Å²) in [4.78, 5) is 22.4. The summed E-state index contributed by atoms with van der Waals surface area (Å²) >= 11 is 0. The van der Waals surface area contributed by atoms with Crippen LogP contribution >= 0.6 is 0 Å². The number of carboxylic acids is 1. The molecule has 1 atom stereocenters. The van der Waals surface area contributed by atoms with Crippen LogP contribution in [0.1, 0.15) is 5.56 Å². The van der Waals surface area contributed by atoms with Crippen LogP contribution in [0.4, 0.5) is 4.79 Å². The van der Waals surface area contributed by atoms with Gasteiger partial charge in [-0.2, -0.15) is 0 Å². The first-order valence-corrected chi connectivity index (χ1v) is 5.91. The summed E-state index contributed by atoms with van der Waals surface area (Å²) in [7, 11) is 1.51. The maximum absolute atomic E-state index is 11.5. The van der Waals surface area contributed by atoms with Gasteiger partial charge >= 0.3 is 6.03 Å². The Morgan fingerprint density at radius 1 is 1.32 bits per heavy atom. The highest BCUT2D eigenvalue weighted by Gasteiger charge is 2.13. The van der Waals surface area contributed by atoms with Crippen molar-refractivity contribution in [2.24, 2.45) is 0 Å². The number of carbonyl (C=O) groups excluding carboxylic acids is 2. The second kappa shape index (κ2) is 8.10. The first-order chi connectivity index (χ1) is 9.13. The van der Waals surface area contributed by atoms with Crippen molar-refractivity contribution >= 4 is 12.0 Å². The van der Waals surface area contributed by atoms with Crippen molar-refractivity contribution in [3.05, 3.63) is 35.9 Å². The monoisotopic (exact) mass is 265 g/mol. The van der Waals surface area contributed by atoms with Crippen LogP contribution in [0.15, 0.2) is 30.3 Å². The van der Waals surface area contributed by atoms with Crippen molar-refractivity contribution in [3.8, 4) is 0 Å². The fourth-order valence-electron chi connectivity index (χ4n) is 1.52. The van der Waals surface area contributed by atoms with E-state index in [4.69, 9.17) is 4.74 Å². The van der Waals surface area contributed by atoms with Crippen molar-refractivity contribution in [3.63, 3.8) is 0 Å². The average Bonchev–Trinajstić information content (AvgIpc) is 2.39. The molecule has 1 rings (SSSR count). The minimum absolute atomic E-state index is 0.181. The number of amides is 2. The van der Waals surface area contributed by atoms with Crippen molar-refractivity contribution in [2.75, 3.05) is 20.3 Å². The lowest BCUT2D eigenvalue weighted by Gasteiger charge is -2.20. The second-order valence-corrected chi connectivity index (χ2v) is 3.95. The predicted octanol–water partition coefficient (Wildman–Crippen LogP) is -0.707. The molecule has 19 heavy (non-hydrogen) atoms. The fraction of sp³-hybridized carbons (Fsp3) is 0.385. The third-order valence-corrected chi connectivity index (χ3v) is 2.46. The van der Waals surface area contributed by atoms with Gasteiger partial charge in [0.1, 0.15) is 0 Å². The molecule has 1 aromatic rings. The number of carboxylic acid groups (broad SMARTS) is 1. The number of carbonyl (C=O) groups is 2. The molecule has 6 nitrogen and oxygen atoms in total. The summed E-state index contributed by atoms with van der Waals surface area (Å²) in [5.41, 5.74) is 0.814. The lowest BCUT2D eigenvalue weighted by atomic mass is 10.1. The highest BCUT2D eigenvalue weighted by Crippen LogP contribution is 2.02. The van der Waals surface area contributed by atoms with E-state index >= 15 is 0 Å². The van der Waals surface area contributed by atoms with Crippen LogP contribution in [-0.4, -0.2) is 38.3 Å². The highest BCUT2D eigenvalue weighted by atomic mass is 16.5. The normalized spacial score (nSPS) is 11.6. The third kappa shape index (κ3) is 5.87. The molecular weight excluding hydrogens is 248 g/mol. The molecule has 0 spiro atoms. The van der Waals surface area contributed by atoms with Gasteiger partial charge in [-0.15, -0.1) is 0 Å². The maximum Gasteiger partial charge on any atom is 0.315 e. The van der Waals surface area contributed by atoms with Crippen LogP contribution < -0.4 is 15.7 Å². The summed E-state index contributed by atoms with van der Waals surface area (Å²) < 4.78 is 4.77. The molecule has 0 aliphatic heterocycles. The topological polar surface area (TPSA) is 90.5 Å². The quantitative estimate of drug-likeness (QED) is 0.637. The minimum atomic E-state index is -1.31. The summed E-state index contributed by atoms with van der Waals surface area (Å²) in [6.07, 6.45) is 0.181. The third-order valence-electron chi connectivity index (χ3n) is 2.46. The molecule has 0 saturated heterocycles. The first-order valence-electron chi connectivity index (χ1n) is 5.91. The van der Waals surface area contributed by atoms with Gasteiger partial charge in [-0.05, 0) is 12.0 Å². The van der Waals surface area contributed by atoms with Gasteiger partial charge in [0.15, 0.2) is 0 Å². The lowest BCUT2D eigenvalue weighted by Crippen LogP contribution is -2.52. The maximum atomic E-state index is 11.5. The summed E-state index contributed by atoms with van der Waals surface area (Å²) in [5.74, 6) is -1.31. The number of urea groups is 1. The summed E-state index contributed by atoms with van der Waals surface area (Å²) in [6, 6.07) is 7.41. The number of benzene rings is 1. The first kappa shape index (κ1) is 15.0. The van der Waals surface area contributed by atoms with Gasteiger partial charge in [-0.3, -0.25) is 0 Å². The standard InChI is InChI=1S/C13H18N2O4/c1-19-8-7-14-13(18)15-11(12(16)17)9-10-5-3-2-4-6-10/h2-6,11H,7-9H2,1H3,(H,16,17)(H2,14,15,18)/p-1/t11-/m0/s1. The molecule has 0 aromatic heterocycles. The predicted molar refractivity (Wildman–Crippen MR) is 67.4 cm³/mol. The van der Waals surface area contributed by atoms with E-state index in [1.165, 1.54) is 7.11 Å². The molecule has 0 aliphatic rings. The summed E-state index contributed by atoms with van der Waals surface area (Å²) in [5, 5.41) is 15.8. The van der Waals surface area contributed by atoms with Gasteiger partial charge in [-0.1, -0.05) is 30.3 Å². The minimum Gasteiger partial charge on any atom is -0.548 e. The Morgan fingerprint density at radius 3 is 2.58 bits per heavy atom. The fourth-order valence-corrected chi connectivity index (χ4v) is 1.52. The Balaban J connectivity index is 2.49. The van der Waals surface area contributed by atoms with E-state index in [-0.39, 0.29) is 6.42 Å². The number of hydrogen-bond donors (Lipinski definition) is 2. The van der Waals surface area contributed by atoms with Crippen molar-refractivity contribution in [1.82, 2.24) is 10.6 Å². The van der Waals surface area contributed by atoms with E-state index in [0.29, 0.717) is 13.2 Å². The van der Waals surface area contributed by atoms with Crippen LogP contribution in [0.25, 0.3) is 0 Å². The van der Waals surface area contributed by atoms with Gasteiger partial charge in [0, 0.05) is 13.7 Å². The number of hydrogen-bond acceptors (Lipinski definition) is 4. The molecule has 0 radical (unpaired) electrons. The van der Waals surface area contributed by atoms with E-state index in [0.717, 1.165) is 5.56 Å². The van der Waals surface area contributed by atoms with Crippen molar-refractivity contribution in [1.29, 1.82) is 0 Å². The molecule has 6 heteroatoms. The number of methoxy groups -OCH3 is 1. The average molecular weight is 265 g/mol. The molecule has 0 saturated carbocycles. The number of ether oxygens (including phenoxy) is 1. The SMILES string of the molecule is COCCNC(=O)N[C@@H](Cc1ccccc1)C(=O)[O-]. The Bertz CT molecular complexity index is 408. The van der Waals surface area contributed by atoms with E-state index in [1.807, 2.05) is 6.07 Å². The summed E-state index contributed by atoms with van der Waals surface area (Å²) in [6.45, 7) is 0.676. The Kier molecular flexibility index (Phi) is 6.38. The molecule has 2 amide bonds. The lowest BCUT2D eigenvalue weighted by molar-refractivity contribution is -0.308. The van der Waals surface area contributed by atoms with E-state index < -0.39 is 18.0 Å². The van der Waals surface area contributed by atoms with Gasteiger partial charge in [0.2, 0.25) is 0 Å². The van der Waals surface area contributed by atoms with E-state index in [9.17, 15) is 14.7 Å².